The normalized spacial score (nSPS) is 16.7. The molecule has 0 aliphatic heterocycles. The molecular weight excluding hydrogens is 138 g/mol. The number of rotatable bonds is 4. The van der Waals surface area contributed by atoms with Gasteiger partial charge < -0.3 is 5.32 Å². The van der Waals surface area contributed by atoms with E-state index in [9.17, 15) is 4.79 Å². The van der Waals surface area contributed by atoms with Crippen LogP contribution in [0.25, 0.3) is 0 Å². The summed E-state index contributed by atoms with van der Waals surface area (Å²) in [7, 11) is 0. The molecule has 0 heterocycles. The van der Waals surface area contributed by atoms with Crippen molar-refractivity contribution < 1.29 is 4.79 Å². The maximum absolute atomic E-state index is 10.6. The van der Waals surface area contributed by atoms with Crippen LogP contribution in [0.5, 0.6) is 0 Å². The third-order valence-corrected chi connectivity index (χ3v) is 1.61. The van der Waals surface area contributed by atoms with Crippen molar-refractivity contribution in [3.8, 4) is 0 Å². The van der Waals surface area contributed by atoms with E-state index in [4.69, 9.17) is 0 Å². The number of hydrogen-bond donors (Lipinski definition) is 1. The van der Waals surface area contributed by atoms with Crippen LogP contribution in [-0.4, -0.2) is 12.5 Å². The molecule has 60 valence electrons. The Morgan fingerprint density at radius 3 is 2.91 bits per heavy atom. The van der Waals surface area contributed by atoms with Crippen LogP contribution in [0.4, 0.5) is 0 Å². The van der Waals surface area contributed by atoms with E-state index < -0.39 is 0 Å². The average Bonchev–Trinajstić information content (AvgIpc) is 2.81. The summed E-state index contributed by atoms with van der Waals surface area (Å²) in [6.07, 6.45) is 8.06. The molecular formula is C9H13NO. The third kappa shape index (κ3) is 3.61. The van der Waals surface area contributed by atoms with E-state index in [2.05, 4.69) is 18.0 Å². The standard InChI is InChI=1S/C9H13NO/c1-2-9(11)10-7-3-4-8-5-6-8/h2-4,8H,1,5-7H2,(H,10,11)/b4-3+. The van der Waals surface area contributed by atoms with Crippen molar-refractivity contribution in [3.05, 3.63) is 24.8 Å². The van der Waals surface area contributed by atoms with Crippen LogP contribution in [0.3, 0.4) is 0 Å². The summed E-state index contributed by atoms with van der Waals surface area (Å²) in [5.41, 5.74) is 0. The van der Waals surface area contributed by atoms with Gasteiger partial charge in [0.1, 0.15) is 0 Å². The Hall–Kier alpha value is -1.05. The molecule has 0 aromatic heterocycles. The highest BCUT2D eigenvalue weighted by Gasteiger charge is 2.16. The minimum absolute atomic E-state index is 0.106. The van der Waals surface area contributed by atoms with Crippen LogP contribution >= 0.6 is 0 Å². The monoisotopic (exact) mass is 151 g/mol. The topological polar surface area (TPSA) is 29.1 Å². The lowest BCUT2D eigenvalue weighted by molar-refractivity contribution is -0.116. The van der Waals surface area contributed by atoms with Crippen molar-refractivity contribution in [3.63, 3.8) is 0 Å². The summed E-state index contributed by atoms with van der Waals surface area (Å²) < 4.78 is 0. The Morgan fingerprint density at radius 2 is 2.36 bits per heavy atom. The molecule has 1 fully saturated rings. The van der Waals surface area contributed by atoms with Crippen molar-refractivity contribution in [2.45, 2.75) is 12.8 Å². The zero-order valence-electron chi connectivity index (χ0n) is 6.55. The predicted octanol–water partition coefficient (Wildman–Crippen LogP) is 1.25. The highest BCUT2D eigenvalue weighted by atomic mass is 16.1. The van der Waals surface area contributed by atoms with Gasteiger partial charge in [0.2, 0.25) is 5.91 Å². The molecule has 11 heavy (non-hydrogen) atoms. The Bertz CT molecular complexity index is 180. The van der Waals surface area contributed by atoms with Gasteiger partial charge in [-0.05, 0) is 24.8 Å². The molecule has 1 amide bonds. The second-order valence-corrected chi connectivity index (χ2v) is 2.71. The van der Waals surface area contributed by atoms with Crippen molar-refractivity contribution >= 4 is 5.91 Å². The van der Waals surface area contributed by atoms with Gasteiger partial charge in [0, 0.05) is 6.54 Å². The van der Waals surface area contributed by atoms with Crippen LogP contribution in [0.1, 0.15) is 12.8 Å². The van der Waals surface area contributed by atoms with Gasteiger partial charge in [-0.25, -0.2) is 0 Å². The summed E-state index contributed by atoms with van der Waals surface area (Å²) in [4.78, 5) is 10.6. The Balaban J connectivity index is 2.02. The SMILES string of the molecule is C=CC(=O)NC/C=C/C1CC1. The van der Waals surface area contributed by atoms with Gasteiger partial charge in [0.25, 0.3) is 0 Å². The average molecular weight is 151 g/mol. The lowest BCUT2D eigenvalue weighted by atomic mass is 10.3. The molecule has 0 atom stereocenters. The largest absolute Gasteiger partial charge is 0.349 e. The number of amides is 1. The summed E-state index contributed by atoms with van der Waals surface area (Å²) in [6.45, 7) is 3.98. The van der Waals surface area contributed by atoms with Gasteiger partial charge in [0.15, 0.2) is 0 Å². The van der Waals surface area contributed by atoms with Crippen LogP contribution in [0.2, 0.25) is 0 Å². The van der Waals surface area contributed by atoms with Crippen LogP contribution < -0.4 is 5.32 Å². The molecule has 0 saturated heterocycles. The molecule has 0 unspecified atom stereocenters. The maximum Gasteiger partial charge on any atom is 0.243 e. The van der Waals surface area contributed by atoms with Crippen LogP contribution in [0, 0.1) is 5.92 Å². The van der Waals surface area contributed by atoms with E-state index in [-0.39, 0.29) is 5.91 Å². The number of hydrogen-bond acceptors (Lipinski definition) is 1. The number of nitrogens with one attached hydrogen (secondary N) is 1. The number of carbonyl (C=O) groups excluding carboxylic acids is 1. The summed E-state index contributed by atoms with van der Waals surface area (Å²) in [5.74, 6) is 0.682. The fourth-order valence-electron chi connectivity index (χ4n) is 0.781. The molecule has 0 radical (unpaired) electrons. The minimum atomic E-state index is -0.106. The Morgan fingerprint density at radius 1 is 1.64 bits per heavy atom. The molecule has 0 aromatic carbocycles. The lowest BCUT2D eigenvalue weighted by Crippen LogP contribution is -2.20. The maximum atomic E-state index is 10.6. The fraction of sp³-hybridized carbons (Fsp3) is 0.444. The molecule has 0 aromatic rings. The predicted molar refractivity (Wildman–Crippen MR) is 45.1 cm³/mol. The molecule has 1 rings (SSSR count). The van der Waals surface area contributed by atoms with Crippen molar-refractivity contribution in [1.29, 1.82) is 0 Å². The molecule has 2 nitrogen and oxygen atoms in total. The first-order valence-electron chi connectivity index (χ1n) is 3.90. The number of carbonyl (C=O) groups is 1. The van der Waals surface area contributed by atoms with E-state index in [0.717, 1.165) is 5.92 Å². The van der Waals surface area contributed by atoms with E-state index in [1.54, 1.807) is 0 Å². The molecule has 1 saturated carbocycles. The van der Waals surface area contributed by atoms with Gasteiger partial charge in [-0.15, -0.1) is 0 Å². The van der Waals surface area contributed by atoms with Gasteiger partial charge in [-0.1, -0.05) is 18.7 Å². The Kier molecular flexibility index (Phi) is 2.90. The zero-order chi connectivity index (χ0) is 8.10. The molecule has 0 bridgehead atoms. The van der Waals surface area contributed by atoms with Gasteiger partial charge in [0.05, 0.1) is 0 Å². The first kappa shape index (κ1) is 8.05. The number of allylic oxidation sites excluding steroid dienone is 1. The first-order chi connectivity index (χ1) is 5.33. The highest BCUT2D eigenvalue weighted by Crippen LogP contribution is 2.29. The first-order valence-corrected chi connectivity index (χ1v) is 3.90. The van der Waals surface area contributed by atoms with Crippen molar-refractivity contribution in [1.82, 2.24) is 5.32 Å². The van der Waals surface area contributed by atoms with Gasteiger partial charge >= 0.3 is 0 Å². The lowest BCUT2D eigenvalue weighted by Gasteiger charge is -1.93. The molecule has 1 aliphatic carbocycles. The third-order valence-electron chi connectivity index (χ3n) is 1.61. The van der Waals surface area contributed by atoms with E-state index >= 15 is 0 Å². The smallest absolute Gasteiger partial charge is 0.243 e. The van der Waals surface area contributed by atoms with E-state index in [1.165, 1.54) is 18.9 Å². The molecule has 2 heteroatoms. The molecule has 0 spiro atoms. The van der Waals surface area contributed by atoms with Crippen molar-refractivity contribution in [2.24, 2.45) is 5.92 Å². The highest BCUT2D eigenvalue weighted by molar-refractivity contribution is 5.86. The zero-order valence-corrected chi connectivity index (χ0v) is 6.55. The summed E-state index contributed by atoms with van der Waals surface area (Å²) >= 11 is 0. The fourth-order valence-corrected chi connectivity index (χ4v) is 0.781. The molecule has 1 N–H and O–H groups in total. The van der Waals surface area contributed by atoms with Crippen LogP contribution in [-0.2, 0) is 4.79 Å². The summed E-state index contributed by atoms with van der Waals surface area (Å²) in [5, 5.41) is 2.67. The van der Waals surface area contributed by atoms with Crippen molar-refractivity contribution in [2.75, 3.05) is 6.54 Å². The van der Waals surface area contributed by atoms with E-state index in [0.29, 0.717) is 6.54 Å². The van der Waals surface area contributed by atoms with Crippen LogP contribution in [0.15, 0.2) is 24.8 Å². The second kappa shape index (κ2) is 3.96. The van der Waals surface area contributed by atoms with Gasteiger partial charge in [-0.3, -0.25) is 4.79 Å². The van der Waals surface area contributed by atoms with E-state index in [1.807, 2.05) is 6.08 Å². The second-order valence-electron chi connectivity index (χ2n) is 2.71. The summed E-state index contributed by atoms with van der Waals surface area (Å²) in [6, 6.07) is 0. The minimum Gasteiger partial charge on any atom is -0.349 e. The molecule has 1 aliphatic rings. The Labute approximate surface area is 67.0 Å². The van der Waals surface area contributed by atoms with Gasteiger partial charge in [-0.2, -0.15) is 0 Å². The quantitative estimate of drug-likeness (QED) is 0.475.